The molecule has 0 saturated heterocycles. The van der Waals surface area contributed by atoms with Crippen LogP contribution in [0.3, 0.4) is 0 Å². The molecule has 114 valence electrons. The van der Waals surface area contributed by atoms with Crippen molar-refractivity contribution in [3.63, 3.8) is 0 Å². The van der Waals surface area contributed by atoms with Crippen LogP contribution in [0.25, 0.3) is 0 Å². The van der Waals surface area contributed by atoms with Gasteiger partial charge in [-0.15, -0.1) is 0 Å². The summed E-state index contributed by atoms with van der Waals surface area (Å²) < 4.78 is 3.19. The normalized spacial score (nSPS) is 14.2. The Morgan fingerprint density at radius 1 is 1.24 bits per heavy atom. The monoisotopic (exact) mass is 349 g/mol. The van der Waals surface area contributed by atoms with Gasteiger partial charge >= 0.3 is 0 Å². The van der Waals surface area contributed by atoms with Crippen molar-refractivity contribution < 1.29 is 0 Å². The van der Waals surface area contributed by atoms with Crippen LogP contribution >= 0.6 is 15.9 Å². The first-order valence-corrected chi connectivity index (χ1v) is 8.28. The van der Waals surface area contributed by atoms with Crippen molar-refractivity contribution in [2.75, 3.05) is 0 Å². The molecule has 0 amide bonds. The van der Waals surface area contributed by atoms with Gasteiger partial charge in [0.1, 0.15) is 0 Å². The second-order valence-electron chi connectivity index (χ2n) is 5.57. The van der Waals surface area contributed by atoms with Gasteiger partial charge in [0.25, 0.3) is 0 Å². The van der Waals surface area contributed by atoms with E-state index in [1.165, 1.54) is 16.8 Å². The van der Waals surface area contributed by atoms with Crippen LogP contribution in [0, 0.1) is 13.8 Å². The van der Waals surface area contributed by atoms with E-state index >= 15 is 0 Å². The van der Waals surface area contributed by atoms with E-state index in [0.717, 1.165) is 16.7 Å². The van der Waals surface area contributed by atoms with Gasteiger partial charge in [-0.2, -0.15) is 5.10 Å². The first-order chi connectivity index (χ1) is 9.93. The highest BCUT2D eigenvalue weighted by Crippen LogP contribution is 2.25. The summed E-state index contributed by atoms with van der Waals surface area (Å²) in [5.41, 5.74) is 4.99. The van der Waals surface area contributed by atoms with E-state index in [0.29, 0.717) is 6.04 Å². The molecule has 1 aromatic heterocycles. The van der Waals surface area contributed by atoms with Crippen molar-refractivity contribution in [3.05, 3.63) is 51.3 Å². The predicted molar refractivity (Wildman–Crippen MR) is 91.5 cm³/mol. The summed E-state index contributed by atoms with van der Waals surface area (Å²) in [4.78, 5) is 0. The lowest BCUT2D eigenvalue weighted by atomic mass is 10.0. The third kappa shape index (κ3) is 3.55. The minimum atomic E-state index is 0.277. The molecule has 0 aliphatic carbocycles. The molecule has 0 aliphatic heterocycles. The Kier molecular flexibility index (Phi) is 5.22. The molecule has 2 rings (SSSR count). The first-order valence-electron chi connectivity index (χ1n) is 7.49. The van der Waals surface area contributed by atoms with Crippen molar-refractivity contribution in [2.45, 2.75) is 53.2 Å². The quantitative estimate of drug-likeness (QED) is 0.848. The minimum absolute atomic E-state index is 0.277. The maximum atomic E-state index is 4.61. The van der Waals surface area contributed by atoms with Crippen molar-refractivity contribution in [2.24, 2.45) is 0 Å². The van der Waals surface area contributed by atoms with Gasteiger partial charge in [-0.05, 0) is 52.3 Å². The molecule has 0 saturated carbocycles. The maximum Gasteiger partial charge on any atom is 0.0644 e. The number of nitrogens with one attached hydrogen (secondary N) is 1. The molecule has 4 heteroatoms. The van der Waals surface area contributed by atoms with Gasteiger partial charge in [0.15, 0.2) is 0 Å². The molecule has 21 heavy (non-hydrogen) atoms. The predicted octanol–water partition coefficient (Wildman–Crippen LogP) is 4.69. The number of halogens is 1. The number of aromatic nitrogens is 2. The number of hydrogen-bond donors (Lipinski definition) is 1. The summed E-state index contributed by atoms with van der Waals surface area (Å²) >= 11 is 3.54. The Morgan fingerprint density at radius 3 is 2.52 bits per heavy atom. The Bertz CT molecular complexity index is 618. The van der Waals surface area contributed by atoms with Crippen molar-refractivity contribution >= 4 is 15.9 Å². The summed E-state index contributed by atoms with van der Waals surface area (Å²) in [6.45, 7) is 11.7. The Labute approximate surface area is 135 Å². The minimum Gasteiger partial charge on any atom is -0.304 e. The average Bonchev–Trinajstić information content (AvgIpc) is 2.73. The number of benzene rings is 1. The fraction of sp³-hybridized carbons (Fsp3) is 0.471. The Balaban J connectivity index is 2.18. The topological polar surface area (TPSA) is 29.9 Å². The molecule has 0 bridgehead atoms. The molecule has 0 radical (unpaired) electrons. The van der Waals surface area contributed by atoms with Crippen LogP contribution < -0.4 is 5.32 Å². The molecule has 2 atom stereocenters. The van der Waals surface area contributed by atoms with Gasteiger partial charge in [-0.3, -0.25) is 4.68 Å². The maximum absolute atomic E-state index is 4.61. The highest BCUT2D eigenvalue weighted by molar-refractivity contribution is 9.10. The van der Waals surface area contributed by atoms with E-state index in [-0.39, 0.29) is 6.04 Å². The molecule has 0 aliphatic rings. The summed E-state index contributed by atoms with van der Waals surface area (Å²) in [6.07, 6.45) is 0. The van der Waals surface area contributed by atoms with Crippen LogP contribution in [-0.4, -0.2) is 9.78 Å². The fourth-order valence-electron chi connectivity index (χ4n) is 2.98. The lowest BCUT2D eigenvalue weighted by Crippen LogP contribution is -2.23. The molecular weight excluding hydrogens is 326 g/mol. The molecule has 0 spiro atoms. The van der Waals surface area contributed by atoms with Crippen molar-refractivity contribution in [3.8, 4) is 0 Å². The highest BCUT2D eigenvalue weighted by Gasteiger charge is 2.19. The lowest BCUT2D eigenvalue weighted by molar-refractivity contribution is 0.490. The van der Waals surface area contributed by atoms with Crippen molar-refractivity contribution in [1.82, 2.24) is 15.1 Å². The smallest absolute Gasteiger partial charge is 0.0644 e. The second kappa shape index (κ2) is 6.75. The van der Waals surface area contributed by atoms with E-state index in [1.807, 2.05) is 0 Å². The van der Waals surface area contributed by atoms with E-state index in [2.05, 4.69) is 89.9 Å². The molecule has 2 aromatic rings. The number of rotatable bonds is 5. The standard InChI is InChI=1S/C17H24BrN3/c1-6-21-14(5)17(13(4)20-21)12(3)19-11(2)15-8-7-9-16(18)10-15/h7-12,19H,6H2,1-5H3/t11-,12?/m1/s1. The summed E-state index contributed by atoms with van der Waals surface area (Å²) in [7, 11) is 0. The Morgan fingerprint density at radius 2 is 1.95 bits per heavy atom. The van der Waals surface area contributed by atoms with Crippen LogP contribution in [0.5, 0.6) is 0 Å². The number of aryl methyl sites for hydroxylation is 2. The van der Waals surface area contributed by atoms with Gasteiger partial charge in [0.2, 0.25) is 0 Å². The highest BCUT2D eigenvalue weighted by atomic mass is 79.9. The van der Waals surface area contributed by atoms with Gasteiger partial charge < -0.3 is 5.32 Å². The first kappa shape index (κ1) is 16.2. The molecule has 1 heterocycles. The lowest BCUT2D eigenvalue weighted by Gasteiger charge is -2.21. The number of nitrogens with zero attached hydrogens (tertiary/aromatic N) is 2. The third-order valence-electron chi connectivity index (χ3n) is 4.02. The molecule has 1 aromatic carbocycles. The Hall–Kier alpha value is -1.13. The van der Waals surface area contributed by atoms with E-state index < -0.39 is 0 Å². The zero-order valence-corrected chi connectivity index (χ0v) is 15.0. The summed E-state index contributed by atoms with van der Waals surface area (Å²) in [5.74, 6) is 0. The van der Waals surface area contributed by atoms with Gasteiger partial charge in [-0.25, -0.2) is 0 Å². The van der Waals surface area contributed by atoms with Crippen LogP contribution in [-0.2, 0) is 6.54 Å². The second-order valence-corrected chi connectivity index (χ2v) is 6.48. The van der Waals surface area contributed by atoms with E-state index in [1.54, 1.807) is 0 Å². The molecule has 0 fully saturated rings. The average molecular weight is 350 g/mol. The fourth-order valence-corrected chi connectivity index (χ4v) is 3.39. The summed E-state index contributed by atoms with van der Waals surface area (Å²) in [6, 6.07) is 9.03. The third-order valence-corrected chi connectivity index (χ3v) is 4.51. The van der Waals surface area contributed by atoms with Crippen LogP contribution in [0.4, 0.5) is 0 Å². The zero-order chi connectivity index (χ0) is 15.6. The van der Waals surface area contributed by atoms with Crippen LogP contribution in [0.2, 0.25) is 0 Å². The molecule has 1 unspecified atom stereocenters. The van der Waals surface area contributed by atoms with E-state index in [9.17, 15) is 0 Å². The zero-order valence-electron chi connectivity index (χ0n) is 13.4. The van der Waals surface area contributed by atoms with Gasteiger partial charge in [0.05, 0.1) is 5.69 Å². The molecule has 3 nitrogen and oxygen atoms in total. The van der Waals surface area contributed by atoms with E-state index in [4.69, 9.17) is 0 Å². The van der Waals surface area contributed by atoms with Crippen molar-refractivity contribution in [1.29, 1.82) is 0 Å². The molecular formula is C17H24BrN3. The van der Waals surface area contributed by atoms with Gasteiger partial charge in [0, 0.05) is 34.4 Å². The number of hydrogen-bond acceptors (Lipinski definition) is 2. The van der Waals surface area contributed by atoms with Crippen LogP contribution in [0.1, 0.15) is 55.4 Å². The molecule has 1 N–H and O–H groups in total. The largest absolute Gasteiger partial charge is 0.304 e. The van der Waals surface area contributed by atoms with Gasteiger partial charge in [-0.1, -0.05) is 28.1 Å². The summed E-state index contributed by atoms with van der Waals surface area (Å²) in [5, 5.41) is 8.30. The van der Waals surface area contributed by atoms with Crippen LogP contribution in [0.15, 0.2) is 28.7 Å². The SMILES string of the molecule is CCn1nc(C)c(C(C)N[C@H](C)c2cccc(Br)c2)c1C.